The number of nitrogens with zero attached hydrogens (tertiary/aromatic N) is 3. The second kappa shape index (κ2) is 6.83. The third-order valence-corrected chi connectivity index (χ3v) is 5.51. The molecule has 1 fully saturated rings. The number of carbonyl (C=O) groups excluding carboxylic acids is 1. The van der Waals surface area contributed by atoms with Crippen molar-refractivity contribution in [3.8, 4) is 0 Å². The molecule has 1 saturated heterocycles. The van der Waals surface area contributed by atoms with Crippen LogP contribution in [0.3, 0.4) is 0 Å². The molecule has 3 heterocycles. The van der Waals surface area contributed by atoms with Crippen molar-refractivity contribution >= 4 is 17.2 Å². The molecule has 1 aliphatic rings. The molecule has 6 heteroatoms. The van der Waals surface area contributed by atoms with E-state index in [0.717, 1.165) is 47.8 Å². The highest BCUT2D eigenvalue weighted by molar-refractivity contribution is 7.09. The van der Waals surface area contributed by atoms with Gasteiger partial charge in [0.25, 0.3) is 0 Å². The second-order valence-corrected chi connectivity index (χ2v) is 7.25. The normalized spacial score (nSPS) is 19.8. The van der Waals surface area contributed by atoms with Gasteiger partial charge in [-0.3, -0.25) is 4.79 Å². The van der Waals surface area contributed by atoms with Crippen molar-refractivity contribution in [1.82, 2.24) is 15.0 Å². The minimum absolute atomic E-state index is 0.0765. The van der Waals surface area contributed by atoms with Crippen molar-refractivity contribution in [2.24, 2.45) is 5.92 Å². The van der Waals surface area contributed by atoms with Gasteiger partial charge in [0.05, 0.1) is 11.7 Å². The lowest BCUT2D eigenvalue weighted by Crippen LogP contribution is -2.41. The number of carbonyl (C=O) groups is 1. The minimum Gasteiger partial charge on any atom is -0.361 e. The van der Waals surface area contributed by atoms with Crippen LogP contribution in [0, 0.1) is 19.8 Å². The summed E-state index contributed by atoms with van der Waals surface area (Å²) in [5.74, 6) is 0.953. The molecule has 0 N–H and O–H groups in total. The van der Waals surface area contributed by atoms with Crippen molar-refractivity contribution in [2.45, 2.75) is 52.5 Å². The predicted molar refractivity (Wildman–Crippen MR) is 89.3 cm³/mol. The fourth-order valence-electron chi connectivity index (χ4n) is 3.32. The first-order chi connectivity index (χ1) is 11.1. The van der Waals surface area contributed by atoms with Gasteiger partial charge in [0, 0.05) is 29.6 Å². The molecule has 0 unspecified atom stereocenters. The summed E-state index contributed by atoms with van der Waals surface area (Å²) in [6.45, 7) is 6.67. The molecule has 0 spiro atoms. The largest absolute Gasteiger partial charge is 0.361 e. The molecule has 0 bridgehead atoms. The van der Waals surface area contributed by atoms with Crippen LogP contribution < -0.4 is 0 Å². The fraction of sp³-hybridized carbons (Fsp3) is 0.588. The summed E-state index contributed by atoms with van der Waals surface area (Å²) in [7, 11) is 0. The Morgan fingerprint density at radius 3 is 2.96 bits per heavy atom. The van der Waals surface area contributed by atoms with Crippen molar-refractivity contribution < 1.29 is 9.32 Å². The molecule has 1 aliphatic heterocycles. The van der Waals surface area contributed by atoms with Gasteiger partial charge in [0.2, 0.25) is 5.91 Å². The van der Waals surface area contributed by atoms with Crippen LogP contribution in [0.2, 0.25) is 0 Å². The van der Waals surface area contributed by atoms with E-state index in [2.05, 4.69) is 10.1 Å². The highest BCUT2D eigenvalue weighted by Gasteiger charge is 2.32. The van der Waals surface area contributed by atoms with Gasteiger partial charge in [-0.15, -0.1) is 11.3 Å². The summed E-state index contributed by atoms with van der Waals surface area (Å²) in [5.41, 5.74) is 1.95. The number of hydrogen-bond acceptors (Lipinski definition) is 5. The Labute approximate surface area is 140 Å². The summed E-state index contributed by atoms with van der Waals surface area (Å²) >= 11 is 1.64. The molecule has 0 saturated carbocycles. The first-order valence-corrected chi connectivity index (χ1v) is 9.07. The number of hydrogen-bond donors (Lipinski definition) is 0. The van der Waals surface area contributed by atoms with Gasteiger partial charge in [0.1, 0.15) is 10.8 Å². The number of likely N-dealkylation sites (tertiary alicyclic amines) is 1. The molecule has 3 rings (SSSR count). The van der Waals surface area contributed by atoms with E-state index < -0.39 is 0 Å². The van der Waals surface area contributed by atoms with Gasteiger partial charge in [-0.05, 0) is 39.5 Å². The molecular weight excluding hydrogens is 310 g/mol. The van der Waals surface area contributed by atoms with Crippen LogP contribution in [0.25, 0.3) is 0 Å². The zero-order valence-corrected chi connectivity index (χ0v) is 14.7. The van der Waals surface area contributed by atoms with E-state index in [1.54, 1.807) is 11.3 Å². The van der Waals surface area contributed by atoms with E-state index in [1.165, 1.54) is 0 Å². The Morgan fingerprint density at radius 2 is 2.30 bits per heavy atom. The Hall–Kier alpha value is -1.69. The third kappa shape index (κ3) is 3.32. The number of aryl methyl sites for hydroxylation is 2. The first-order valence-electron chi connectivity index (χ1n) is 8.19. The molecule has 2 aromatic rings. The van der Waals surface area contributed by atoms with E-state index in [-0.39, 0.29) is 17.9 Å². The Morgan fingerprint density at radius 1 is 1.48 bits per heavy atom. The minimum atomic E-state index is -0.0765. The quantitative estimate of drug-likeness (QED) is 0.856. The summed E-state index contributed by atoms with van der Waals surface area (Å²) < 4.78 is 5.22. The van der Waals surface area contributed by atoms with E-state index in [1.807, 2.05) is 37.2 Å². The number of rotatable bonds is 4. The lowest BCUT2D eigenvalue weighted by Gasteiger charge is -2.36. The van der Waals surface area contributed by atoms with Crippen LogP contribution in [0.4, 0.5) is 0 Å². The van der Waals surface area contributed by atoms with Crippen molar-refractivity contribution in [1.29, 1.82) is 0 Å². The summed E-state index contributed by atoms with van der Waals surface area (Å²) in [5, 5.41) is 7.03. The standard InChI is InChI=1S/C17H23N3O2S/c1-11(10-14-12(2)19-22-13(14)3)17(21)20-8-5-4-6-15(20)16-18-7-9-23-16/h7,9,11,15H,4-6,8,10H2,1-3H3/t11-,15-/m1/s1. The third-order valence-electron chi connectivity index (χ3n) is 4.64. The average molecular weight is 333 g/mol. The molecule has 23 heavy (non-hydrogen) atoms. The van der Waals surface area contributed by atoms with Crippen molar-refractivity contribution in [3.63, 3.8) is 0 Å². The highest BCUT2D eigenvalue weighted by atomic mass is 32.1. The molecule has 0 radical (unpaired) electrons. The average Bonchev–Trinajstić information content (AvgIpc) is 3.20. The van der Waals surface area contributed by atoms with Gasteiger partial charge in [-0.2, -0.15) is 0 Å². The molecule has 2 aromatic heterocycles. The molecule has 1 amide bonds. The van der Waals surface area contributed by atoms with Gasteiger partial charge >= 0.3 is 0 Å². The van der Waals surface area contributed by atoms with Crippen LogP contribution in [0.1, 0.15) is 54.3 Å². The van der Waals surface area contributed by atoms with Gasteiger partial charge in [-0.25, -0.2) is 4.98 Å². The maximum atomic E-state index is 13.0. The molecule has 0 aliphatic carbocycles. The zero-order valence-electron chi connectivity index (χ0n) is 13.9. The molecular formula is C17H23N3O2S. The first kappa shape index (κ1) is 16.2. The molecule has 5 nitrogen and oxygen atoms in total. The van der Waals surface area contributed by atoms with E-state index in [4.69, 9.17) is 4.52 Å². The fourth-order valence-corrected chi connectivity index (χ4v) is 4.11. The number of aromatic nitrogens is 2. The lowest BCUT2D eigenvalue weighted by atomic mass is 9.95. The van der Waals surface area contributed by atoms with E-state index >= 15 is 0 Å². The van der Waals surface area contributed by atoms with Crippen molar-refractivity contribution in [3.05, 3.63) is 33.6 Å². The summed E-state index contributed by atoms with van der Waals surface area (Å²) in [6, 6.07) is 0.142. The maximum absolute atomic E-state index is 13.0. The maximum Gasteiger partial charge on any atom is 0.226 e. The molecule has 0 aromatic carbocycles. The monoisotopic (exact) mass is 333 g/mol. The van der Waals surface area contributed by atoms with Gasteiger partial charge < -0.3 is 9.42 Å². The molecule has 2 atom stereocenters. The number of thiazole rings is 1. The van der Waals surface area contributed by atoms with Crippen LogP contribution in [0.5, 0.6) is 0 Å². The Kier molecular flexibility index (Phi) is 4.80. The molecule has 124 valence electrons. The predicted octanol–water partition coefficient (Wildman–Crippen LogP) is 3.68. The topological polar surface area (TPSA) is 59.2 Å². The Bertz CT molecular complexity index is 646. The van der Waals surface area contributed by atoms with Gasteiger partial charge in [-0.1, -0.05) is 12.1 Å². The lowest BCUT2D eigenvalue weighted by molar-refractivity contribution is -0.139. The zero-order chi connectivity index (χ0) is 16.4. The Balaban J connectivity index is 1.75. The van der Waals surface area contributed by atoms with E-state index in [9.17, 15) is 4.79 Å². The SMILES string of the molecule is Cc1noc(C)c1C[C@@H](C)C(=O)N1CCCC[C@@H]1c1nccs1. The summed E-state index contributed by atoms with van der Waals surface area (Å²) in [6.07, 6.45) is 5.75. The second-order valence-electron chi connectivity index (χ2n) is 6.32. The number of piperidine rings is 1. The van der Waals surface area contributed by atoms with Crippen LogP contribution in [0.15, 0.2) is 16.1 Å². The van der Waals surface area contributed by atoms with E-state index in [0.29, 0.717) is 6.42 Å². The van der Waals surface area contributed by atoms with Crippen molar-refractivity contribution in [2.75, 3.05) is 6.54 Å². The number of amides is 1. The summed E-state index contributed by atoms with van der Waals surface area (Å²) in [4.78, 5) is 19.5. The van der Waals surface area contributed by atoms with Crippen LogP contribution in [-0.4, -0.2) is 27.5 Å². The smallest absolute Gasteiger partial charge is 0.226 e. The van der Waals surface area contributed by atoms with Crippen LogP contribution in [-0.2, 0) is 11.2 Å². The van der Waals surface area contributed by atoms with Crippen LogP contribution >= 0.6 is 11.3 Å². The van der Waals surface area contributed by atoms with Gasteiger partial charge in [0.15, 0.2) is 0 Å². The highest BCUT2D eigenvalue weighted by Crippen LogP contribution is 2.33.